The molecule has 1 atom stereocenters. The van der Waals surface area contributed by atoms with Gasteiger partial charge in [0.1, 0.15) is 0 Å². The molecule has 1 aliphatic rings. The summed E-state index contributed by atoms with van der Waals surface area (Å²) in [4.78, 5) is 27.7. The van der Waals surface area contributed by atoms with Gasteiger partial charge in [-0.05, 0) is 32.4 Å². The first-order chi connectivity index (χ1) is 13.9. The highest BCUT2D eigenvalue weighted by molar-refractivity contribution is 8.03. The van der Waals surface area contributed by atoms with Crippen LogP contribution < -0.4 is 0 Å². The Morgan fingerprint density at radius 2 is 1.76 bits per heavy atom. The maximum absolute atomic E-state index is 13.0. The van der Waals surface area contributed by atoms with Gasteiger partial charge in [0, 0.05) is 17.8 Å². The van der Waals surface area contributed by atoms with Gasteiger partial charge < -0.3 is 14.4 Å². The Balaban J connectivity index is 2.81. The third-order valence-electron chi connectivity index (χ3n) is 4.49. The molecule has 0 fully saturated rings. The number of rotatable bonds is 7. The minimum atomic E-state index is -0.765. The Labute approximate surface area is 180 Å². The average molecular weight is 435 g/mol. The lowest BCUT2D eigenvalue weighted by atomic mass is 9.81. The number of benzene rings is 1. The van der Waals surface area contributed by atoms with Crippen LogP contribution >= 0.6 is 23.4 Å². The molecule has 0 saturated carbocycles. The van der Waals surface area contributed by atoms with Crippen molar-refractivity contribution < 1.29 is 19.1 Å². The van der Waals surface area contributed by atoms with Crippen molar-refractivity contribution in [2.75, 3.05) is 26.0 Å². The van der Waals surface area contributed by atoms with E-state index in [0.29, 0.717) is 26.9 Å². The van der Waals surface area contributed by atoms with Gasteiger partial charge in [-0.25, -0.2) is 9.59 Å². The molecular weight excluding hydrogens is 412 g/mol. The zero-order valence-electron chi connectivity index (χ0n) is 16.8. The maximum atomic E-state index is 13.0. The van der Waals surface area contributed by atoms with Crippen molar-refractivity contribution in [2.45, 2.75) is 26.7 Å². The van der Waals surface area contributed by atoms with Crippen LogP contribution in [0.2, 0.25) is 5.02 Å². The molecule has 1 unspecified atom stereocenters. The molecule has 0 amide bonds. The average Bonchev–Trinajstić information content (AvgIpc) is 2.69. The molecule has 1 aromatic carbocycles. The zero-order valence-corrected chi connectivity index (χ0v) is 18.4. The number of nitrogens with zero attached hydrogens (tertiary/aromatic N) is 2. The van der Waals surface area contributed by atoms with Gasteiger partial charge in [0.15, 0.2) is 0 Å². The van der Waals surface area contributed by atoms with Gasteiger partial charge in [-0.15, -0.1) is 0 Å². The molecular formula is C21H23ClN2O4S. The molecule has 8 heteroatoms. The van der Waals surface area contributed by atoms with E-state index in [1.165, 1.54) is 11.8 Å². The molecule has 1 heterocycles. The van der Waals surface area contributed by atoms with Crippen molar-refractivity contribution in [3.63, 3.8) is 0 Å². The van der Waals surface area contributed by atoms with Crippen LogP contribution in [0.1, 0.15) is 32.3 Å². The van der Waals surface area contributed by atoms with E-state index in [2.05, 4.69) is 6.07 Å². The fourth-order valence-corrected chi connectivity index (χ4v) is 4.31. The summed E-state index contributed by atoms with van der Waals surface area (Å²) in [6.07, 6.45) is 0. The molecule has 2 rings (SSSR count). The molecule has 0 spiro atoms. The highest BCUT2D eigenvalue weighted by Crippen LogP contribution is 2.46. The van der Waals surface area contributed by atoms with Crippen LogP contribution in [0.15, 0.2) is 46.1 Å². The van der Waals surface area contributed by atoms with E-state index < -0.39 is 17.9 Å². The summed E-state index contributed by atoms with van der Waals surface area (Å²) in [5.41, 5.74) is 1.83. The largest absolute Gasteiger partial charge is 0.463 e. The summed E-state index contributed by atoms with van der Waals surface area (Å²) in [5, 5.41) is 10.1. The number of carbonyl (C=O) groups excluding carboxylic acids is 2. The summed E-state index contributed by atoms with van der Waals surface area (Å²) in [5.74, 6) is -1.70. The normalized spacial score (nSPS) is 16.6. The summed E-state index contributed by atoms with van der Waals surface area (Å²) in [6, 6.07) is 9.13. The van der Waals surface area contributed by atoms with E-state index in [-0.39, 0.29) is 24.5 Å². The minimum Gasteiger partial charge on any atom is -0.463 e. The quantitative estimate of drug-likeness (QED) is 0.594. The van der Waals surface area contributed by atoms with Crippen molar-refractivity contribution in [1.82, 2.24) is 4.90 Å². The molecule has 29 heavy (non-hydrogen) atoms. The van der Waals surface area contributed by atoms with Crippen LogP contribution in [0.5, 0.6) is 0 Å². The Hall–Kier alpha value is -2.43. The van der Waals surface area contributed by atoms with Crippen molar-refractivity contribution in [2.24, 2.45) is 0 Å². The van der Waals surface area contributed by atoms with E-state index in [9.17, 15) is 9.59 Å². The number of esters is 2. The summed E-state index contributed by atoms with van der Waals surface area (Å²) >= 11 is 7.68. The van der Waals surface area contributed by atoms with Crippen molar-refractivity contribution in [3.8, 4) is 6.07 Å². The highest BCUT2D eigenvalue weighted by Gasteiger charge is 2.41. The molecule has 0 bridgehead atoms. The highest BCUT2D eigenvalue weighted by atomic mass is 35.5. The lowest BCUT2D eigenvalue weighted by Gasteiger charge is -2.36. The fourth-order valence-electron chi connectivity index (χ4n) is 3.17. The predicted molar refractivity (Wildman–Crippen MR) is 113 cm³/mol. The van der Waals surface area contributed by atoms with Gasteiger partial charge in [-0.3, -0.25) is 0 Å². The lowest BCUT2D eigenvalue weighted by Crippen LogP contribution is -2.33. The van der Waals surface area contributed by atoms with Gasteiger partial charge in [0.2, 0.25) is 0 Å². The predicted octanol–water partition coefficient (Wildman–Crippen LogP) is 4.24. The van der Waals surface area contributed by atoms with E-state index in [1.807, 2.05) is 0 Å². The van der Waals surface area contributed by atoms with Crippen LogP contribution in [0.4, 0.5) is 0 Å². The van der Waals surface area contributed by atoms with Crippen LogP contribution in [0.3, 0.4) is 0 Å². The molecule has 6 nitrogen and oxygen atoms in total. The Morgan fingerprint density at radius 3 is 2.31 bits per heavy atom. The first-order valence-electron chi connectivity index (χ1n) is 9.15. The fraction of sp³-hybridized carbons (Fsp3) is 0.381. The Kier molecular flexibility index (Phi) is 8.18. The zero-order chi connectivity index (χ0) is 21.6. The van der Waals surface area contributed by atoms with Gasteiger partial charge in [-0.2, -0.15) is 5.26 Å². The van der Waals surface area contributed by atoms with Crippen LogP contribution in [-0.2, 0) is 19.1 Å². The third kappa shape index (κ3) is 4.77. The molecule has 1 aromatic rings. The maximum Gasteiger partial charge on any atom is 0.337 e. The molecule has 0 N–H and O–H groups in total. The molecule has 0 aliphatic carbocycles. The first-order valence-corrected chi connectivity index (χ1v) is 10.5. The van der Waals surface area contributed by atoms with E-state index in [4.69, 9.17) is 26.3 Å². The number of carbonyl (C=O) groups is 2. The van der Waals surface area contributed by atoms with E-state index >= 15 is 0 Å². The molecule has 154 valence electrons. The van der Waals surface area contributed by atoms with Gasteiger partial charge >= 0.3 is 11.9 Å². The number of hydrogen-bond acceptors (Lipinski definition) is 7. The van der Waals surface area contributed by atoms with Crippen molar-refractivity contribution in [1.29, 1.82) is 5.26 Å². The molecule has 1 aliphatic heterocycles. The monoisotopic (exact) mass is 434 g/mol. The van der Waals surface area contributed by atoms with Gasteiger partial charge in [-0.1, -0.05) is 41.6 Å². The SMILES string of the molecule is CCOC(=O)C1=C(C)N(C)C(SCC#N)=C(C(=O)OCC)C1c1ccccc1Cl. The second-order valence-corrected chi connectivity index (χ2v) is 7.49. The van der Waals surface area contributed by atoms with E-state index in [1.54, 1.807) is 57.0 Å². The Bertz CT molecular complexity index is 904. The second-order valence-electron chi connectivity index (χ2n) is 6.12. The number of ether oxygens (including phenoxy) is 2. The van der Waals surface area contributed by atoms with Crippen molar-refractivity contribution in [3.05, 3.63) is 56.7 Å². The number of nitriles is 1. The third-order valence-corrected chi connectivity index (χ3v) is 5.87. The standard InChI is InChI=1S/C21H23ClN2O4S/c1-5-27-20(25)16-13(3)24(4)19(29-12-11-23)18(21(26)28-6-2)17(16)14-9-7-8-10-15(14)22/h7-10,17H,5-6,12H2,1-4H3. The summed E-state index contributed by atoms with van der Waals surface area (Å²) in [7, 11) is 1.75. The molecule has 0 saturated heterocycles. The van der Waals surface area contributed by atoms with Crippen molar-refractivity contribution >= 4 is 35.3 Å². The second kappa shape index (κ2) is 10.4. The minimum absolute atomic E-state index is 0.139. The first kappa shape index (κ1) is 22.9. The van der Waals surface area contributed by atoms with E-state index in [0.717, 1.165) is 0 Å². The topological polar surface area (TPSA) is 79.6 Å². The smallest absolute Gasteiger partial charge is 0.337 e. The van der Waals surface area contributed by atoms with Crippen LogP contribution in [-0.4, -0.2) is 42.9 Å². The molecule has 0 aromatic heterocycles. The molecule has 0 radical (unpaired) electrons. The van der Waals surface area contributed by atoms with Crippen LogP contribution in [0, 0.1) is 11.3 Å². The van der Waals surface area contributed by atoms with Crippen LogP contribution in [0.25, 0.3) is 0 Å². The lowest BCUT2D eigenvalue weighted by molar-refractivity contribution is -0.139. The van der Waals surface area contributed by atoms with Gasteiger partial charge in [0.25, 0.3) is 0 Å². The summed E-state index contributed by atoms with van der Waals surface area (Å²) in [6.45, 7) is 5.59. The van der Waals surface area contributed by atoms with Gasteiger partial charge in [0.05, 0.1) is 47.1 Å². The summed E-state index contributed by atoms with van der Waals surface area (Å²) < 4.78 is 10.6. The number of halogens is 1. The Morgan fingerprint density at radius 1 is 1.17 bits per heavy atom. The number of hydrogen-bond donors (Lipinski definition) is 0. The number of thioether (sulfide) groups is 1. The number of allylic oxidation sites excluding steroid dienone is 1.